The van der Waals surface area contributed by atoms with Crippen LogP contribution in [0.15, 0.2) is 36.5 Å². The van der Waals surface area contributed by atoms with E-state index in [0.717, 1.165) is 37.2 Å². The van der Waals surface area contributed by atoms with Crippen molar-refractivity contribution in [1.82, 2.24) is 9.88 Å². The molecule has 0 atom stereocenters. The molecule has 2 heterocycles. The Balaban J connectivity index is 1.65. The molecule has 0 bridgehead atoms. The summed E-state index contributed by atoms with van der Waals surface area (Å²) in [6, 6.07) is 9.50. The number of anilines is 1. The zero-order chi connectivity index (χ0) is 19.2. The molecule has 1 fully saturated rings. The van der Waals surface area contributed by atoms with E-state index in [0.29, 0.717) is 29.7 Å². The Morgan fingerprint density at radius 2 is 1.89 bits per heavy atom. The van der Waals surface area contributed by atoms with E-state index in [1.165, 1.54) is 0 Å². The monoisotopic (exact) mass is 369 g/mol. The summed E-state index contributed by atoms with van der Waals surface area (Å²) in [5.74, 6) is 2.10. The number of ether oxygens (including phenoxy) is 2. The summed E-state index contributed by atoms with van der Waals surface area (Å²) in [4.78, 5) is 18.9. The van der Waals surface area contributed by atoms with Crippen molar-refractivity contribution in [3.63, 3.8) is 0 Å². The lowest BCUT2D eigenvalue weighted by Crippen LogP contribution is -2.38. The summed E-state index contributed by atoms with van der Waals surface area (Å²) in [5, 5.41) is 3.35. The van der Waals surface area contributed by atoms with E-state index in [9.17, 15) is 4.79 Å². The van der Waals surface area contributed by atoms with E-state index < -0.39 is 0 Å². The first-order valence-corrected chi connectivity index (χ1v) is 9.31. The number of methoxy groups -OCH3 is 2. The number of likely N-dealkylation sites (tertiary alicyclic amines) is 1. The Morgan fingerprint density at radius 3 is 2.59 bits per heavy atom. The van der Waals surface area contributed by atoms with E-state index in [4.69, 9.17) is 9.47 Å². The van der Waals surface area contributed by atoms with Gasteiger partial charge in [0.15, 0.2) is 11.5 Å². The number of carbonyl (C=O) groups excluding carboxylic acids is 1. The van der Waals surface area contributed by atoms with Crippen LogP contribution in [0, 0.1) is 5.92 Å². The van der Waals surface area contributed by atoms with Gasteiger partial charge < -0.3 is 19.7 Å². The van der Waals surface area contributed by atoms with Gasteiger partial charge >= 0.3 is 0 Å². The largest absolute Gasteiger partial charge is 0.493 e. The normalized spacial score (nSPS) is 14.7. The van der Waals surface area contributed by atoms with Gasteiger partial charge in [-0.25, -0.2) is 0 Å². The van der Waals surface area contributed by atoms with Gasteiger partial charge in [-0.2, -0.15) is 0 Å². The maximum Gasteiger partial charge on any atom is 0.272 e. The first kappa shape index (κ1) is 19.0. The van der Waals surface area contributed by atoms with Gasteiger partial charge in [0.25, 0.3) is 5.91 Å². The molecule has 0 spiro atoms. The highest BCUT2D eigenvalue weighted by molar-refractivity contribution is 5.93. The first-order chi connectivity index (χ1) is 13.1. The Labute approximate surface area is 160 Å². The van der Waals surface area contributed by atoms with Crippen molar-refractivity contribution in [1.29, 1.82) is 0 Å². The van der Waals surface area contributed by atoms with Crippen LogP contribution < -0.4 is 14.8 Å². The van der Waals surface area contributed by atoms with E-state index in [1.807, 2.05) is 35.2 Å². The van der Waals surface area contributed by atoms with Crippen LogP contribution in [0.4, 0.5) is 5.69 Å². The molecule has 1 aliphatic rings. The van der Waals surface area contributed by atoms with Crippen molar-refractivity contribution in [2.45, 2.75) is 26.3 Å². The molecule has 1 N–H and O–H groups in total. The number of rotatable bonds is 6. The van der Waals surface area contributed by atoms with Crippen LogP contribution in [-0.4, -0.2) is 43.1 Å². The molecule has 0 unspecified atom stereocenters. The molecule has 27 heavy (non-hydrogen) atoms. The quantitative estimate of drug-likeness (QED) is 0.843. The van der Waals surface area contributed by atoms with Crippen molar-refractivity contribution >= 4 is 11.6 Å². The van der Waals surface area contributed by atoms with Gasteiger partial charge in [-0.15, -0.1) is 0 Å². The van der Waals surface area contributed by atoms with Crippen molar-refractivity contribution in [2.75, 3.05) is 32.6 Å². The Hall–Kier alpha value is -2.76. The van der Waals surface area contributed by atoms with Crippen LogP contribution >= 0.6 is 0 Å². The Kier molecular flexibility index (Phi) is 6.16. The van der Waals surface area contributed by atoms with Crippen LogP contribution in [0.2, 0.25) is 0 Å². The summed E-state index contributed by atoms with van der Waals surface area (Å²) in [7, 11) is 3.24. The van der Waals surface area contributed by atoms with Crippen molar-refractivity contribution in [3.05, 3.63) is 47.8 Å². The number of pyridine rings is 1. The zero-order valence-electron chi connectivity index (χ0n) is 16.2. The SMILES string of the molecule is COc1ccc(CNc2ccnc(C(=O)N3CCC(C)CC3)c2)cc1OC. The number of piperidine rings is 1. The van der Waals surface area contributed by atoms with Gasteiger partial charge in [-0.1, -0.05) is 13.0 Å². The number of carbonyl (C=O) groups is 1. The topological polar surface area (TPSA) is 63.7 Å². The molecule has 1 amide bonds. The van der Waals surface area contributed by atoms with Crippen molar-refractivity contribution in [2.24, 2.45) is 5.92 Å². The van der Waals surface area contributed by atoms with E-state index in [1.54, 1.807) is 20.4 Å². The first-order valence-electron chi connectivity index (χ1n) is 9.31. The van der Waals surface area contributed by atoms with E-state index >= 15 is 0 Å². The van der Waals surface area contributed by atoms with Crippen LogP contribution in [0.25, 0.3) is 0 Å². The van der Waals surface area contributed by atoms with E-state index in [2.05, 4.69) is 17.2 Å². The molecule has 1 aromatic heterocycles. The molecule has 144 valence electrons. The third kappa shape index (κ3) is 4.70. The van der Waals surface area contributed by atoms with Crippen LogP contribution in [0.1, 0.15) is 35.8 Å². The van der Waals surface area contributed by atoms with Gasteiger partial charge in [0.05, 0.1) is 14.2 Å². The van der Waals surface area contributed by atoms with Gasteiger partial charge in [0.2, 0.25) is 0 Å². The average Bonchev–Trinajstić information content (AvgIpc) is 2.72. The van der Waals surface area contributed by atoms with Gasteiger partial charge in [-0.05, 0) is 48.6 Å². The molecule has 1 aromatic carbocycles. The average molecular weight is 369 g/mol. The number of nitrogens with one attached hydrogen (secondary N) is 1. The van der Waals surface area contributed by atoms with Crippen molar-refractivity contribution < 1.29 is 14.3 Å². The predicted octanol–water partition coefficient (Wildman–Crippen LogP) is 3.58. The summed E-state index contributed by atoms with van der Waals surface area (Å²) in [6.45, 7) is 4.47. The number of nitrogens with zero attached hydrogens (tertiary/aromatic N) is 2. The van der Waals surface area contributed by atoms with Crippen molar-refractivity contribution in [3.8, 4) is 11.5 Å². The zero-order valence-corrected chi connectivity index (χ0v) is 16.2. The molecular formula is C21H27N3O3. The van der Waals surface area contributed by atoms with Crippen LogP contribution in [-0.2, 0) is 6.54 Å². The highest BCUT2D eigenvalue weighted by Crippen LogP contribution is 2.28. The molecule has 1 aliphatic heterocycles. The third-order valence-corrected chi connectivity index (χ3v) is 4.99. The Bertz CT molecular complexity index is 786. The molecule has 0 radical (unpaired) electrons. The highest BCUT2D eigenvalue weighted by Gasteiger charge is 2.22. The second-order valence-electron chi connectivity index (χ2n) is 6.95. The predicted molar refractivity (Wildman–Crippen MR) is 105 cm³/mol. The van der Waals surface area contributed by atoms with Gasteiger partial charge in [0.1, 0.15) is 5.69 Å². The summed E-state index contributed by atoms with van der Waals surface area (Å²) in [5.41, 5.74) is 2.41. The number of hydrogen-bond acceptors (Lipinski definition) is 5. The second-order valence-corrected chi connectivity index (χ2v) is 6.95. The number of hydrogen-bond donors (Lipinski definition) is 1. The smallest absolute Gasteiger partial charge is 0.272 e. The second kappa shape index (κ2) is 8.75. The molecule has 0 aliphatic carbocycles. The standard InChI is InChI=1S/C21H27N3O3/c1-15-7-10-24(11-8-15)21(25)18-13-17(6-9-22-18)23-14-16-4-5-19(26-2)20(12-16)27-3/h4-6,9,12-13,15H,7-8,10-11,14H2,1-3H3,(H,22,23). The summed E-state index contributed by atoms with van der Waals surface area (Å²) in [6.07, 6.45) is 3.79. The molecule has 6 heteroatoms. The van der Waals surface area contributed by atoms with E-state index in [-0.39, 0.29) is 5.91 Å². The van der Waals surface area contributed by atoms with Crippen LogP contribution in [0.5, 0.6) is 11.5 Å². The maximum atomic E-state index is 12.7. The van der Waals surface area contributed by atoms with Gasteiger partial charge in [-0.3, -0.25) is 9.78 Å². The number of aromatic nitrogens is 1. The fraction of sp³-hybridized carbons (Fsp3) is 0.429. The lowest BCUT2D eigenvalue weighted by Gasteiger charge is -2.30. The van der Waals surface area contributed by atoms with Crippen LogP contribution in [0.3, 0.4) is 0 Å². The summed E-state index contributed by atoms with van der Waals surface area (Å²) < 4.78 is 10.6. The Morgan fingerprint density at radius 1 is 1.15 bits per heavy atom. The molecule has 3 rings (SSSR count). The minimum absolute atomic E-state index is 0.0108. The maximum absolute atomic E-state index is 12.7. The number of benzene rings is 1. The fourth-order valence-electron chi connectivity index (χ4n) is 3.23. The molecular weight excluding hydrogens is 342 g/mol. The van der Waals surface area contributed by atoms with Gasteiger partial charge in [0, 0.05) is 31.5 Å². The highest BCUT2D eigenvalue weighted by atomic mass is 16.5. The molecule has 1 saturated heterocycles. The molecule has 6 nitrogen and oxygen atoms in total. The fourth-order valence-corrected chi connectivity index (χ4v) is 3.23. The minimum Gasteiger partial charge on any atom is -0.493 e. The number of amides is 1. The summed E-state index contributed by atoms with van der Waals surface area (Å²) >= 11 is 0. The third-order valence-electron chi connectivity index (χ3n) is 4.99. The molecule has 2 aromatic rings. The molecule has 0 saturated carbocycles. The lowest BCUT2D eigenvalue weighted by atomic mass is 9.99. The lowest BCUT2D eigenvalue weighted by molar-refractivity contribution is 0.0691. The minimum atomic E-state index is 0.0108.